The van der Waals surface area contributed by atoms with E-state index in [2.05, 4.69) is 28.5 Å². The van der Waals surface area contributed by atoms with Crippen molar-refractivity contribution >= 4 is 5.91 Å². The molecule has 0 unspecified atom stereocenters. The van der Waals surface area contributed by atoms with Gasteiger partial charge in [0.1, 0.15) is 0 Å². The van der Waals surface area contributed by atoms with Gasteiger partial charge in [-0.1, -0.05) is 12.8 Å². The number of carbonyl (C=O) groups is 1. The van der Waals surface area contributed by atoms with E-state index in [4.69, 9.17) is 0 Å². The summed E-state index contributed by atoms with van der Waals surface area (Å²) in [6, 6.07) is 1.30. The molecule has 21 heavy (non-hydrogen) atoms. The Hall–Kier alpha value is -0.610. The fourth-order valence-corrected chi connectivity index (χ4v) is 4.10. The highest BCUT2D eigenvalue weighted by molar-refractivity contribution is 5.77. The molecule has 2 saturated heterocycles. The zero-order chi connectivity index (χ0) is 14.8. The van der Waals surface area contributed by atoms with Gasteiger partial charge in [-0.3, -0.25) is 14.6 Å². The number of hydrogen-bond donors (Lipinski definition) is 0. The van der Waals surface area contributed by atoms with Crippen LogP contribution in [0.2, 0.25) is 0 Å². The van der Waals surface area contributed by atoms with Crippen LogP contribution in [0.1, 0.15) is 46.0 Å². The van der Waals surface area contributed by atoms with E-state index in [-0.39, 0.29) is 0 Å². The minimum absolute atomic E-state index is 0.416. The molecule has 3 fully saturated rings. The van der Waals surface area contributed by atoms with E-state index in [1.807, 2.05) is 0 Å². The predicted molar refractivity (Wildman–Crippen MR) is 85.2 cm³/mol. The van der Waals surface area contributed by atoms with Crippen molar-refractivity contribution in [2.75, 3.05) is 39.3 Å². The van der Waals surface area contributed by atoms with E-state index in [1.54, 1.807) is 0 Å². The molecule has 1 saturated carbocycles. The quantitative estimate of drug-likeness (QED) is 0.791. The van der Waals surface area contributed by atoms with E-state index in [0.29, 0.717) is 23.9 Å². The van der Waals surface area contributed by atoms with Gasteiger partial charge in [0.2, 0.25) is 5.91 Å². The summed E-state index contributed by atoms with van der Waals surface area (Å²) in [5.41, 5.74) is 0. The molecule has 0 radical (unpaired) electrons. The summed E-state index contributed by atoms with van der Waals surface area (Å²) in [7, 11) is 0. The smallest absolute Gasteiger partial charge is 0.222 e. The summed E-state index contributed by atoms with van der Waals surface area (Å²) in [4.78, 5) is 19.5. The number of amides is 1. The Morgan fingerprint density at radius 3 is 2.24 bits per heavy atom. The summed E-state index contributed by atoms with van der Waals surface area (Å²) in [6.07, 6.45) is 6.04. The molecule has 0 spiro atoms. The molecular formula is C17H31N3O. The van der Waals surface area contributed by atoms with Crippen LogP contribution in [0.3, 0.4) is 0 Å². The molecule has 2 heterocycles. The van der Waals surface area contributed by atoms with Gasteiger partial charge in [0.05, 0.1) is 0 Å². The number of carbonyl (C=O) groups excluding carboxylic acids is 1. The van der Waals surface area contributed by atoms with E-state index < -0.39 is 0 Å². The lowest BCUT2D eigenvalue weighted by molar-refractivity contribution is -0.140. The minimum Gasteiger partial charge on any atom is -0.339 e. The second kappa shape index (κ2) is 6.66. The zero-order valence-electron chi connectivity index (χ0n) is 13.8. The van der Waals surface area contributed by atoms with Gasteiger partial charge >= 0.3 is 0 Å². The lowest BCUT2D eigenvalue weighted by Crippen LogP contribution is -2.64. The van der Waals surface area contributed by atoms with Crippen molar-refractivity contribution in [2.24, 2.45) is 5.92 Å². The van der Waals surface area contributed by atoms with E-state index >= 15 is 0 Å². The SMILES string of the molecule is CC(C)N1CCN(C2CN(C(=O)CC3CCCC3)C2)CC1. The first-order valence-corrected chi connectivity index (χ1v) is 8.89. The number of hydrogen-bond acceptors (Lipinski definition) is 3. The Kier molecular flexibility index (Phi) is 4.85. The van der Waals surface area contributed by atoms with Crippen LogP contribution in [0.15, 0.2) is 0 Å². The second-order valence-electron chi connectivity index (χ2n) is 7.47. The Bertz CT molecular complexity index is 351. The molecule has 0 aromatic carbocycles. The third kappa shape index (κ3) is 3.59. The molecule has 0 aromatic rings. The molecule has 3 aliphatic rings. The third-order valence-corrected chi connectivity index (χ3v) is 5.75. The maximum Gasteiger partial charge on any atom is 0.222 e. The zero-order valence-corrected chi connectivity index (χ0v) is 13.8. The van der Waals surface area contributed by atoms with Gasteiger partial charge in [0, 0.05) is 57.8 Å². The number of likely N-dealkylation sites (tertiary alicyclic amines) is 1. The average Bonchev–Trinajstić information content (AvgIpc) is 2.90. The van der Waals surface area contributed by atoms with E-state index in [0.717, 1.165) is 19.5 Å². The van der Waals surface area contributed by atoms with Crippen molar-refractivity contribution in [2.45, 2.75) is 58.0 Å². The summed E-state index contributed by atoms with van der Waals surface area (Å²) in [5, 5.41) is 0. The van der Waals surface area contributed by atoms with Gasteiger partial charge in [0.25, 0.3) is 0 Å². The fraction of sp³-hybridized carbons (Fsp3) is 0.941. The fourth-order valence-electron chi connectivity index (χ4n) is 4.10. The predicted octanol–water partition coefficient (Wildman–Crippen LogP) is 1.80. The molecule has 2 aliphatic heterocycles. The van der Waals surface area contributed by atoms with Crippen molar-refractivity contribution in [1.82, 2.24) is 14.7 Å². The van der Waals surface area contributed by atoms with Crippen molar-refractivity contribution in [3.63, 3.8) is 0 Å². The molecule has 0 atom stereocenters. The molecular weight excluding hydrogens is 262 g/mol. The van der Waals surface area contributed by atoms with Crippen LogP contribution in [-0.4, -0.2) is 72.0 Å². The molecule has 1 amide bonds. The Balaban J connectivity index is 1.36. The van der Waals surface area contributed by atoms with Crippen LogP contribution in [0.4, 0.5) is 0 Å². The topological polar surface area (TPSA) is 26.8 Å². The summed E-state index contributed by atoms with van der Waals surface area (Å²) >= 11 is 0. The Morgan fingerprint density at radius 1 is 1.05 bits per heavy atom. The highest BCUT2D eigenvalue weighted by atomic mass is 16.2. The van der Waals surface area contributed by atoms with Crippen LogP contribution in [0, 0.1) is 5.92 Å². The molecule has 0 bridgehead atoms. The molecule has 3 rings (SSSR count). The van der Waals surface area contributed by atoms with Crippen molar-refractivity contribution in [3.8, 4) is 0 Å². The van der Waals surface area contributed by atoms with Gasteiger partial charge in [-0.25, -0.2) is 0 Å². The standard InChI is InChI=1S/C17H31N3O/c1-14(2)18-7-9-19(10-8-18)16-12-20(13-16)17(21)11-15-5-3-4-6-15/h14-16H,3-13H2,1-2H3. The van der Waals surface area contributed by atoms with Crippen molar-refractivity contribution in [3.05, 3.63) is 0 Å². The first-order valence-electron chi connectivity index (χ1n) is 8.89. The van der Waals surface area contributed by atoms with Crippen LogP contribution in [0.5, 0.6) is 0 Å². The Labute approximate surface area is 129 Å². The highest BCUT2D eigenvalue weighted by Gasteiger charge is 2.36. The van der Waals surface area contributed by atoms with Crippen LogP contribution in [0.25, 0.3) is 0 Å². The lowest BCUT2D eigenvalue weighted by Gasteiger charge is -2.48. The van der Waals surface area contributed by atoms with Crippen LogP contribution >= 0.6 is 0 Å². The van der Waals surface area contributed by atoms with E-state index in [9.17, 15) is 4.79 Å². The minimum atomic E-state index is 0.416. The largest absolute Gasteiger partial charge is 0.339 e. The maximum atomic E-state index is 12.3. The number of rotatable bonds is 4. The molecule has 4 nitrogen and oxygen atoms in total. The third-order valence-electron chi connectivity index (χ3n) is 5.75. The highest BCUT2D eigenvalue weighted by Crippen LogP contribution is 2.29. The maximum absolute atomic E-state index is 12.3. The summed E-state index contributed by atoms with van der Waals surface area (Å²) < 4.78 is 0. The van der Waals surface area contributed by atoms with Crippen molar-refractivity contribution in [1.29, 1.82) is 0 Å². The van der Waals surface area contributed by atoms with Gasteiger partial charge in [-0.15, -0.1) is 0 Å². The second-order valence-corrected chi connectivity index (χ2v) is 7.47. The average molecular weight is 293 g/mol. The molecule has 4 heteroatoms. The van der Waals surface area contributed by atoms with Gasteiger partial charge in [0.15, 0.2) is 0 Å². The Morgan fingerprint density at radius 2 is 1.67 bits per heavy atom. The monoisotopic (exact) mass is 293 g/mol. The lowest BCUT2D eigenvalue weighted by atomic mass is 10.00. The first-order chi connectivity index (χ1) is 10.1. The van der Waals surface area contributed by atoms with E-state index in [1.165, 1.54) is 51.9 Å². The normalized spacial score (nSPS) is 26.5. The first kappa shape index (κ1) is 15.3. The molecule has 1 aliphatic carbocycles. The molecule has 120 valence electrons. The summed E-state index contributed by atoms with van der Waals surface area (Å²) in [6.45, 7) is 11.2. The van der Waals surface area contributed by atoms with Crippen LogP contribution in [-0.2, 0) is 4.79 Å². The number of piperazine rings is 1. The van der Waals surface area contributed by atoms with Crippen molar-refractivity contribution < 1.29 is 4.79 Å². The van der Waals surface area contributed by atoms with Gasteiger partial charge in [-0.05, 0) is 32.6 Å². The molecule has 0 aromatic heterocycles. The molecule has 0 N–H and O–H groups in total. The van der Waals surface area contributed by atoms with Gasteiger partial charge in [-0.2, -0.15) is 0 Å². The van der Waals surface area contributed by atoms with Gasteiger partial charge < -0.3 is 4.90 Å². The van der Waals surface area contributed by atoms with Crippen LogP contribution < -0.4 is 0 Å². The summed E-state index contributed by atoms with van der Waals surface area (Å²) in [5.74, 6) is 1.10. The number of nitrogens with zero attached hydrogens (tertiary/aromatic N) is 3.